The summed E-state index contributed by atoms with van der Waals surface area (Å²) in [4.78, 5) is 30.5. The molecule has 2 heterocycles. The molecule has 0 aliphatic heterocycles. The normalized spacial score (nSPS) is 11.3. The fourth-order valence-corrected chi connectivity index (χ4v) is 4.51. The van der Waals surface area contributed by atoms with Gasteiger partial charge in [0.15, 0.2) is 11.5 Å². The number of amides is 2. The maximum absolute atomic E-state index is 13.4. The van der Waals surface area contributed by atoms with Gasteiger partial charge in [0.25, 0.3) is 11.8 Å². The minimum Gasteiger partial charge on any atom is -0.435 e. The number of carbonyl (C=O) groups is 2. The highest BCUT2D eigenvalue weighted by Gasteiger charge is 2.33. The van der Waals surface area contributed by atoms with Crippen LogP contribution in [-0.2, 0) is 12.7 Å². The molecular formula is C29H20F3N3O3S. The van der Waals surface area contributed by atoms with E-state index in [0.29, 0.717) is 21.7 Å². The van der Waals surface area contributed by atoms with E-state index in [1.807, 2.05) is 6.07 Å². The molecule has 10 heteroatoms. The summed E-state index contributed by atoms with van der Waals surface area (Å²) in [5.41, 5.74) is 0.691. The Morgan fingerprint density at radius 3 is 2.23 bits per heavy atom. The Balaban J connectivity index is 1.42. The number of nitrogens with one attached hydrogen (secondary N) is 2. The molecule has 0 atom stereocenters. The number of alkyl halides is 3. The molecule has 0 aliphatic rings. The van der Waals surface area contributed by atoms with E-state index in [9.17, 15) is 22.8 Å². The monoisotopic (exact) mass is 547 g/mol. The van der Waals surface area contributed by atoms with Crippen LogP contribution in [0, 0.1) is 0 Å². The first-order valence-corrected chi connectivity index (χ1v) is 12.6. The van der Waals surface area contributed by atoms with Gasteiger partial charge in [-0.2, -0.15) is 13.2 Å². The number of oxazole rings is 1. The molecule has 39 heavy (non-hydrogen) atoms. The van der Waals surface area contributed by atoms with Crippen molar-refractivity contribution in [1.82, 2.24) is 10.3 Å². The van der Waals surface area contributed by atoms with Crippen molar-refractivity contribution in [2.75, 3.05) is 5.32 Å². The minimum absolute atomic E-state index is 0.0717. The predicted octanol–water partition coefficient (Wildman–Crippen LogP) is 7.27. The van der Waals surface area contributed by atoms with Crippen molar-refractivity contribution in [3.8, 4) is 22.8 Å². The number of benzene rings is 3. The van der Waals surface area contributed by atoms with Crippen molar-refractivity contribution in [3.63, 3.8) is 0 Å². The van der Waals surface area contributed by atoms with Crippen molar-refractivity contribution in [2.45, 2.75) is 12.7 Å². The Morgan fingerprint density at radius 1 is 0.821 bits per heavy atom. The van der Waals surface area contributed by atoms with E-state index in [1.165, 1.54) is 29.5 Å². The average Bonchev–Trinajstić information content (AvgIpc) is 3.64. The van der Waals surface area contributed by atoms with E-state index in [2.05, 4.69) is 15.6 Å². The van der Waals surface area contributed by atoms with Crippen molar-refractivity contribution in [3.05, 3.63) is 118 Å². The number of aromatic nitrogens is 1. The third kappa shape index (κ3) is 5.91. The molecule has 0 bridgehead atoms. The Morgan fingerprint density at radius 2 is 1.54 bits per heavy atom. The van der Waals surface area contributed by atoms with Gasteiger partial charge in [0.2, 0.25) is 5.89 Å². The van der Waals surface area contributed by atoms with E-state index < -0.39 is 17.6 Å². The van der Waals surface area contributed by atoms with Gasteiger partial charge in [-0.15, -0.1) is 11.3 Å². The van der Waals surface area contributed by atoms with Crippen LogP contribution in [0.1, 0.15) is 31.3 Å². The first-order valence-electron chi connectivity index (χ1n) is 11.7. The van der Waals surface area contributed by atoms with Crippen molar-refractivity contribution < 1.29 is 27.2 Å². The molecule has 0 aliphatic carbocycles. The average molecular weight is 548 g/mol. The first-order chi connectivity index (χ1) is 18.8. The van der Waals surface area contributed by atoms with Gasteiger partial charge in [-0.25, -0.2) is 4.98 Å². The van der Waals surface area contributed by atoms with E-state index >= 15 is 0 Å². The summed E-state index contributed by atoms with van der Waals surface area (Å²) in [6.07, 6.45) is -4.55. The van der Waals surface area contributed by atoms with E-state index in [4.69, 9.17) is 4.42 Å². The third-order valence-corrected chi connectivity index (χ3v) is 6.64. The largest absolute Gasteiger partial charge is 0.435 e. The molecule has 5 aromatic rings. The molecule has 196 valence electrons. The maximum Gasteiger partial charge on any atom is 0.416 e. The molecule has 3 aromatic carbocycles. The molecule has 5 rings (SSSR count). The molecule has 2 N–H and O–H groups in total. The quantitative estimate of drug-likeness (QED) is 0.224. The Hall–Kier alpha value is -4.70. The highest BCUT2D eigenvalue weighted by molar-refractivity contribution is 7.12. The summed E-state index contributed by atoms with van der Waals surface area (Å²) in [5.74, 6) is -0.612. The van der Waals surface area contributed by atoms with Crippen molar-refractivity contribution in [1.29, 1.82) is 0 Å². The predicted molar refractivity (Wildman–Crippen MR) is 142 cm³/mol. The van der Waals surface area contributed by atoms with Crippen LogP contribution in [0.3, 0.4) is 0 Å². The van der Waals surface area contributed by atoms with Crippen LogP contribution < -0.4 is 10.6 Å². The maximum atomic E-state index is 13.4. The minimum atomic E-state index is -4.55. The van der Waals surface area contributed by atoms with Gasteiger partial charge >= 0.3 is 6.18 Å². The third-order valence-electron chi connectivity index (χ3n) is 5.78. The van der Waals surface area contributed by atoms with E-state index in [-0.39, 0.29) is 35.4 Å². The fraction of sp³-hybridized carbons (Fsp3) is 0.0690. The molecule has 0 fully saturated rings. The van der Waals surface area contributed by atoms with E-state index in [1.54, 1.807) is 66.0 Å². The van der Waals surface area contributed by atoms with Crippen molar-refractivity contribution in [2.24, 2.45) is 0 Å². The summed E-state index contributed by atoms with van der Waals surface area (Å²) in [7, 11) is 0. The van der Waals surface area contributed by atoms with Gasteiger partial charge < -0.3 is 15.1 Å². The highest BCUT2D eigenvalue weighted by atomic mass is 32.1. The second-order valence-corrected chi connectivity index (χ2v) is 9.36. The number of halogens is 3. The number of hydrogen-bond acceptors (Lipinski definition) is 5. The van der Waals surface area contributed by atoms with Gasteiger partial charge in [-0.1, -0.05) is 42.5 Å². The zero-order valence-electron chi connectivity index (χ0n) is 20.2. The zero-order valence-corrected chi connectivity index (χ0v) is 21.0. The SMILES string of the molecule is O=C(Nc1ccc(-c2oc(-c3ccccc3)nc2C(=O)NCc2ccccc2C(F)(F)F)cc1)c1cccs1. The number of carbonyl (C=O) groups excluding carboxylic acids is 2. The molecule has 6 nitrogen and oxygen atoms in total. The van der Waals surface area contributed by atoms with Crippen LogP contribution in [0.25, 0.3) is 22.8 Å². The molecule has 0 saturated heterocycles. The van der Waals surface area contributed by atoms with Crippen molar-refractivity contribution >= 4 is 28.8 Å². The molecule has 0 radical (unpaired) electrons. The van der Waals surface area contributed by atoms with Crippen LogP contribution >= 0.6 is 11.3 Å². The number of thiophene rings is 1. The van der Waals surface area contributed by atoms with Gasteiger partial charge in [-0.3, -0.25) is 9.59 Å². The van der Waals surface area contributed by atoms with Crippen LogP contribution in [-0.4, -0.2) is 16.8 Å². The zero-order chi connectivity index (χ0) is 27.4. The standard InChI is InChI=1S/C29H20F3N3O3S/c30-29(31,32)22-10-5-4-9-20(22)17-33-27(37)24-25(38-28(35-24)19-7-2-1-3-8-19)18-12-14-21(15-13-18)34-26(36)23-11-6-16-39-23/h1-16H,17H2,(H,33,37)(H,34,36). The molecular weight excluding hydrogens is 527 g/mol. The molecule has 2 amide bonds. The first kappa shape index (κ1) is 25.9. The Kier molecular flexibility index (Phi) is 7.29. The molecule has 0 saturated carbocycles. The summed E-state index contributed by atoms with van der Waals surface area (Å²) >= 11 is 1.32. The molecule has 0 spiro atoms. The van der Waals surface area contributed by atoms with Gasteiger partial charge in [0, 0.05) is 23.4 Å². The Labute approximate surface area is 225 Å². The fourth-order valence-electron chi connectivity index (χ4n) is 3.89. The lowest BCUT2D eigenvalue weighted by molar-refractivity contribution is -0.138. The smallest absolute Gasteiger partial charge is 0.416 e. The number of anilines is 1. The van der Waals surface area contributed by atoms with Gasteiger partial charge in [0.05, 0.1) is 10.4 Å². The number of nitrogens with zero attached hydrogens (tertiary/aromatic N) is 1. The lowest BCUT2D eigenvalue weighted by Crippen LogP contribution is -2.25. The summed E-state index contributed by atoms with van der Waals surface area (Å²) in [5, 5.41) is 7.15. The number of rotatable bonds is 7. The summed E-state index contributed by atoms with van der Waals surface area (Å²) < 4.78 is 46.2. The number of hydrogen-bond donors (Lipinski definition) is 2. The topological polar surface area (TPSA) is 84.2 Å². The molecule has 0 unspecified atom stereocenters. The Bertz CT molecular complexity index is 1600. The summed E-state index contributed by atoms with van der Waals surface area (Å²) in [6.45, 7) is -0.352. The van der Waals surface area contributed by atoms with Crippen LogP contribution in [0.15, 0.2) is 101 Å². The van der Waals surface area contributed by atoms with Gasteiger partial charge in [-0.05, 0) is 59.5 Å². The van der Waals surface area contributed by atoms with E-state index in [0.717, 1.165) is 6.07 Å². The second kappa shape index (κ2) is 11.0. The lowest BCUT2D eigenvalue weighted by atomic mass is 10.1. The summed E-state index contributed by atoms with van der Waals surface area (Å²) in [6, 6.07) is 24.1. The second-order valence-electron chi connectivity index (χ2n) is 8.41. The van der Waals surface area contributed by atoms with Crippen LogP contribution in [0.4, 0.5) is 18.9 Å². The molecule has 2 aromatic heterocycles. The van der Waals surface area contributed by atoms with Crippen LogP contribution in [0.2, 0.25) is 0 Å². The lowest BCUT2D eigenvalue weighted by Gasteiger charge is -2.13. The van der Waals surface area contributed by atoms with Gasteiger partial charge in [0.1, 0.15) is 0 Å². The highest BCUT2D eigenvalue weighted by Crippen LogP contribution is 2.33. The van der Waals surface area contributed by atoms with Crippen LogP contribution in [0.5, 0.6) is 0 Å².